The predicted molar refractivity (Wildman–Crippen MR) is 119 cm³/mol. The molecule has 2 heterocycles. The number of nitrogens with zero attached hydrogens (tertiary/aromatic N) is 3. The molecule has 0 unspecified atom stereocenters. The van der Waals surface area contributed by atoms with E-state index in [0.29, 0.717) is 19.6 Å². The van der Waals surface area contributed by atoms with Crippen LogP contribution in [0.1, 0.15) is 37.0 Å². The zero-order valence-electron chi connectivity index (χ0n) is 18.5. The van der Waals surface area contributed by atoms with Crippen molar-refractivity contribution in [3.8, 4) is 11.5 Å². The fourth-order valence-corrected chi connectivity index (χ4v) is 4.32. The molecular formula is C22H32N4O3S. The van der Waals surface area contributed by atoms with Crippen LogP contribution < -0.4 is 14.8 Å². The zero-order valence-corrected chi connectivity index (χ0v) is 19.3. The van der Waals surface area contributed by atoms with Crippen LogP contribution in [-0.4, -0.2) is 61.2 Å². The van der Waals surface area contributed by atoms with Gasteiger partial charge in [0, 0.05) is 49.1 Å². The Kier molecular flexibility index (Phi) is 7.20. The van der Waals surface area contributed by atoms with Gasteiger partial charge in [-0.15, -0.1) is 11.3 Å². The normalized spacial score (nSPS) is 15.2. The van der Waals surface area contributed by atoms with Gasteiger partial charge < -0.3 is 19.7 Å². The summed E-state index contributed by atoms with van der Waals surface area (Å²) in [7, 11) is 3.35. The SMILES string of the molecule is COc1ccc(OC)c(CN2CCN(C(=O)NCc3nc(C(C)(C)C)cs3)CC2)c1. The van der Waals surface area contributed by atoms with Gasteiger partial charge in [0.25, 0.3) is 0 Å². The first-order chi connectivity index (χ1) is 14.3. The van der Waals surface area contributed by atoms with E-state index in [1.165, 1.54) is 0 Å². The molecule has 0 saturated carbocycles. The molecule has 30 heavy (non-hydrogen) atoms. The van der Waals surface area contributed by atoms with Gasteiger partial charge in [-0.1, -0.05) is 20.8 Å². The van der Waals surface area contributed by atoms with E-state index in [1.54, 1.807) is 25.6 Å². The summed E-state index contributed by atoms with van der Waals surface area (Å²) in [5, 5.41) is 6.03. The van der Waals surface area contributed by atoms with Crippen molar-refractivity contribution < 1.29 is 14.3 Å². The summed E-state index contributed by atoms with van der Waals surface area (Å²) in [4.78, 5) is 21.4. The Morgan fingerprint density at radius 2 is 1.90 bits per heavy atom. The molecule has 1 aromatic carbocycles. The number of hydrogen-bond acceptors (Lipinski definition) is 6. The van der Waals surface area contributed by atoms with Crippen LogP contribution in [-0.2, 0) is 18.5 Å². The third-order valence-electron chi connectivity index (χ3n) is 5.25. The van der Waals surface area contributed by atoms with Gasteiger partial charge in [-0.3, -0.25) is 4.90 Å². The third-order valence-corrected chi connectivity index (χ3v) is 6.10. The number of benzene rings is 1. The van der Waals surface area contributed by atoms with Gasteiger partial charge in [0.15, 0.2) is 0 Å². The van der Waals surface area contributed by atoms with E-state index in [1.807, 2.05) is 23.1 Å². The van der Waals surface area contributed by atoms with E-state index in [9.17, 15) is 4.79 Å². The van der Waals surface area contributed by atoms with Crippen LogP contribution in [0.5, 0.6) is 11.5 Å². The maximum absolute atomic E-state index is 12.6. The molecule has 1 aromatic heterocycles. The van der Waals surface area contributed by atoms with Crippen molar-refractivity contribution in [3.63, 3.8) is 0 Å². The lowest BCUT2D eigenvalue weighted by molar-refractivity contribution is 0.134. The molecular weight excluding hydrogens is 400 g/mol. The van der Waals surface area contributed by atoms with Crippen LogP contribution in [0.3, 0.4) is 0 Å². The lowest BCUT2D eigenvalue weighted by Gasteiger charge is -2.34. The number of amides is 2. The number of hydrogen-bond donors (Lipinski definition) is 1. The lowest BCUT2D eigenvalue weighted by Crippen LogP contribution is -2.51. The molecule has 7 nitrogen and oxygen atoms in total. The van der Waals surface area contributed by atoms with Crippen molar-refractivity contribution in [1.29, 1.82) is 0 Å². The number of rotatable bonds is 6. The first-order valence-corrected chi connectivity index (χ1v) is 11.1. The van der Waals surface area contributed by atoms with E-state index in [4.69, 9.17) is 9.47 Å². The van der Waals surface area contributed by atoms with E-state index >= 15 is 0 Å². The number of carbonyl (C=O) groups is 1. The molecule has 1 aliphatic heterocycles. The quantitative estimate of drug-likeness (QED) is 0.757. The fourth-order valence-electron chi connectivity index (χ4n) is 3.36. The maximum Gasteiger partial charge on any atom is 0.317 e. The van der Waals surface area contributed by atoms with Crippen LogP contribution in [0.4, 0.5) is 4.79 Å². The molecule has 0 radical (unpaired) electrons. The smallest absolute Gasteiger partial charge is 0.317 e. The van der Waals surface area contributed by atoms with Crippen molar-refractivity contribution in [1.82, 2.24) is 20.1 Å². The monoisotopic (exact) mass is 432 g/mol. The maximum atomic E-state index is 12.6. The zero-order chi connectivity index (χ0) is 21.7. The topological polar surface area (TPSA) is 66.9 Å². The summed E-state index contributed by atoms with van der Waals surface area (Å²) < 4.78 is 10.8. The largest absolute Gasteiger partial charge is 0.497 e. The summed E-state index contributed by atoms with van der Waals surface area (Å²) >= 11 is 1.60. The molecule has 3 rings (SSSR count). The minimum absolute atomic E-state index is 0.0267. The molecule has 0 spiro atoms. The molecule has 0 atom stereocenters. The van der Waals surface area contributed by atoms with E-state index in [-0.39, 0.29) is 11.4 Å². The van der Waals surface area contributed by atoms with Crippen LogP contribution in [0.2, 0.25) is 0 Å². The van der Waals surface area contributed by atoms with Gasteiger partial charge in [0.2, 0.25) is 0 Å². The van der Waals surface area contributed by atoms with E-state index in [0.717, 1.165) is 47.4 Å². The summed E-state index contributed by atoms with van der Waals surface area (Å²) in [5.41, 5.74) is 2.19. The van der Waals surface area contributed by atoms with Crippen molar-refractivity contribution in [2.45, 2.75) is 39.3 Å². The molecule has 2 amide bonds. The van der Waals surface area contributed by atoms with Gasteiger partial charge >= 0.3 is 6.03 Å². The highest BCUT2D eigenvalue weighted by atomic mass is 32.1. The number of methoxy groups -OCH3 is 2. The Morgan fingerprint density at radius 1 is 1.17 bits per heavy atom. The first kappa shape index (κ1) is 22.4. The lowest BCUT2D eigenvalue weighted by atomic mass is 9.93. The van der Waals surface area contributed by atoms with Gasteiger partial charge in [-0.05, 0) is 18.2 Å². The molecule has 8 heteroatoms. The minimum atomic E-state index is -0.0267. The van der Waals surface area contributed by atoms with Crippen LogP contribution in [0.25, 0.3) is 0 Å². The van der Waals surface area contributed by atoms with Gasteiger partial charge in [-0.2, -0.15) is 0 Å². The average Bonchev–Trinajstić information content (AvgIpc) is 3.22. The summed E-state index contributed by atoms with van der Waals surface area (Å²) in [5.74, 6) is 1.68. The standard InChI is InChI=1S/C22H32N4O3S/c1-22(2,3)19-15-30-20(24-19)13-23-21(27)26-10-8-25(9-11-26)14-16-12-17(28-4)6-7-18(16)29-5/h6-7,12,15H,8-11,13-14H2,1-5H3,(H,23,27). The molecule has 164 valence electrons. The number of thiazole rings is 1. The Bertz CT molecular complexity index is 854. The number of piperazine rings is 1. The van der Waals surface area contributed by atoms with Gasteiger partial charge in [0.1, 0.15) is 16.5 Å². The van der Waals surface area contributed by atoms with Gasteiger partial charge in [0.05, 0.1) is 26.5 Å². The molecule has 1 saturated heterocycles. The van der Waals surface area contributed by atoms with Crippen LogP contribution in [0, 0.1) is 0 Å². The third kappa shape index (κ3) is 5.64. The Hall–Kier alpha value is -2.32. The second kappa shape index (κ2) is 9.66. The number of ether oxygens (including phenoxy) is 2. The summed E-state index contributed by atoms with van der Waals surface area (Å²) in [6.07, 6.45) is 0. The highest BCUT2D eigenvalue weighted by Gasteiger charge is 2.23. The van der Waals surface area contributed by atoms with Crippen molar-refractivity contribution >= 4 is 17.4 Å². The number of nitrogens with one attached hydrogen (secondary N) is 1. The second-order valence-electron chi connectivity index (χ2n) is 8.48. The number of aromatic nitrogens is 1. The van der Waals surface area contributed by atoms with Crippen molar-refractivity contribution in [2.24, 2.45) is 0 Å². The fraction of sp³-hybridized carbons (Fsp3) is 0.545. The van der Waals surface area contributed by atoms with E-state index in [2.05, 4.69) is 41.4 Å². The molecule has 0 aliphatic carbocycles. The average molecular weight is 433 g/mol. The Balaban J connectivity index is 1.48. The Morgan fingerprint density at radius 3 is 2.50 bits per heavy atom. The van der Waals surface area contributed by atoms with Crippen LogP contribution in [0.15, 0.2) is 23.6 Å². The number of carbonyl (C=O) groups excluding carboxylic acids is 1. The highest BCUT2D eigenvalue weighted by molar-refractivity contribution is 7.09. The predicted octanol–water partition coefficient (Wildman–Crippen LogP) is 3.49. The van der Waals surface area contributed by atoms with Crippen molar-refractivity contribution in [2.75, 3.05) is 40.4 Å². The summed E-state index contributed by atoms with van der Waals surface area (Å²) in [6, 6.07) is 5.82. The minimum Gasteiger partial charge on any atom is -0.497 e. The van der Waals surface area contributed by atoms with E-state index < -0.39 is 0 Å². The highest BCUT2D eigenvalue weighted by Crippen LogP contribution is 2.26. The molecule has 1 fully saturated rings. The Labute approximate surface area is 183 Å². The molecule has 2 aromatic rings. The van der Waals surface area contributed by atoms with Crippen molar-refractivity contribution in [3.05, 3.63) is 39.8 Å². The molecule has 0 bridgehead atoms. The first-order valence-electron chi connectivity index (χ1n) is 10.2. The summed E-state index contributed by atoms with van der Waals surface area (Å²) in [6.45, 7) is 10.7. The number of urea groups is 1. The molecule has 1 aliphatic rings. The van der Waals surface area contributed by atoms with Gasteiger partial charge in [-0.25, -0.2) is 9.78 Å². The molecule has 1 N–H and O–H groups in total. The second-order valence-corrected chi connectivity index (χ2v) is 9.42. The van der Waals surface area contributed by atoms with Crippen LogP contribution >= 0.6 is 11.3 Å².